The number of carbonyl (C=O) groups is 2. The van der Waals surface area contributed by atoms with E-state index >= 15 is 0 Å². The third-order valence-electron chi connectivity index (χ3n) is 3.82. The number of carboxylic acid groups (broad SMARTS) is 1. The first-order valence-corrected chi connectivity index (χ1v) is 7.14. The zero-order valence-electron chi connectivity index (χ0n) is 12.0. The van der Waals surface area contributed by atoms with Gasteiger partial charge in [-0.1, -0.05) is 18.5 Å². The molecule has 0 radical (unpaired) electrons. The Labute approximate surface area is 122 Å². The SMILES string of the molecule is CCCC1(C(=O)O)CCCN1C(=O)NCCc1ncno1. The zero-order valence-corrected chi connectivity index (χ0v) is 12.0. The van der Waals surface area contributed by atoms with Gasteiger partial charge in [0.1, 0.15) is 5.54 Å². The number of amides is 2. The number of rotatable bonds is 6. The molecule has 8 heteroatoms. The summed E-state index contributed by atoms with van der Waals surface area (Å²) in [4.78, 5) is 29.2. The number of hydrogen-bond acceptors (Lipinski definition) is 5. The first-order chi connectivity index (χ1) is 10.1. The lowest BCUT2D eigenvalue weighted by atomic mass is 9.91. The van der Waals surface area contributed by atoms with Gasteiger partial charge in [-0.25, -0.2) is 9.59 Å². The number of carboxylic acids is 1. The minimum Gasteiger partial charge on any atom is -0.479 e. The van der Waals surface area contributed by atoms with Crippen LogP contribution in [0.15, 0.2) is 10.9 Å². The van der Waals surface area contributed by atoms with Gasteiger partial charge in [0.25, 0.3) is 0 Å². The molecule has 1 aliphatic heterocycles. The Morgan fingerprint density at radius 1 is 1.57 bits per heavy atom. The van der Waals surface area contributed by atoms with E-state index in [4.69, 9.17) is 4.52 Å². The molecule has 2 amide bonds. The van der Waals surface area contributed by atoms with Crippen LogP contribution in [0.25, 0.3) is 0 Å². The Hall–Kier alpha value is -2.12. The number of urea groups is 1. The second-order valence-corrected chi connectivity index (χ2v) is 5.16. The Morgan fingerprint density at radius 3 is 3.00 bits per heavy atom. The van der Waals surface area contributed by atoms with Crippen molar-refractivity contribution >= 4 is 12.0 Å². The molecule has 1 aliphatic rings. The van der Waals surface area contributed by atoms with Gasteiger partial charge in [-0.2, -0.15) is 4.98 Å². The van der Waals surface area contributed by atoms with Gasteiger partial charge in [-0.05, 0) is 19.3 Å². The van der Waals surface area contributed by atoms with Crippen molar-refractivity contribution in [1.82, 2.24) is 20.4 Å². The third-order valence-corrected chi connectivity index (χ3v) is 3.82. The molecule has 1 fully saturated rings. The maximum absolute atomic E-state index is 12.3. The van der Waals surface area contributed by atoms with Crippen LogP contribution in [0, 0.1) is 0 Å². The molecule has 0 bridgehead atoms. The lowest BCUT2D eigenvalue weighted by Crippen LogP contribution is -2.56. The molecule has 116 valence electrons. The second-order valence-electron chi connectivity index (χ2n) is 5.16. The molecule has 0 saturated carbocycles. The Kier molecular flexibility index (Phi) is 4.77. The Morgan fingerprint density at radius 2 is 2.38 bits per heavy atom. The van der Waals surface area contributed by atoms with Gasteiger partial charge in [0.15, 0.2) is 6.33 Å². The van der Waals surface area contributed by atoms with Crippen molar-refractivity contribution in [3.05, 3.63) is 12.2 Å². The molecule has 0 spiro atoms. The molecule has 2 rings (SSSR count). The molecule has 2 N–H and O–H groups in total. The van der Waals surface area contributed by atoms with E-state index in [2.05, 4.69) is 15.5 Å². The molecule has 1 aromatic heterocycles. The Bertz CT molecular complexity index is 490. The fraction of sp³-hybridized carbons (Fsp3) is 0.692. The minimum absolute atomic E-state index is 0.333. The first-order valence-electron chi connectivity index (χ1n) is 7.14. The van der Waals surface area contributed by atoms with E-state index < -0.39 is 11.5 Å². The van der Waals surface area contributed by atoms with Crippen LogP contribution < -0.4 is 5.32 Å². The van der Waals surface area contributed by atoms with E-state index in [1.54, 1.807) is 0 Å². The van der Waals surface area contributed by atoms with Crippen molar-refractivity contribution < 1.29 is 19.2 Å². The number of hydrogen-bond donors (Lipinski definition) is 2. The van der Waals surface area contributed by atoms with E-state index in [0.29, 0.717) is 44.7 Å². The van der Waals surface area contributed by atoms with E-state index in [1.807, 2.05) is 6.92 Å². The summed E-state index contributed by atoms with van der Waals surface area (Å²) in [5, 5.41) is 15.7. The average Bonchev–Trinajstić information content (AvgIpc) is 3.08. The van der Waals surface area contributed by atoms with Crippen molar-refractivity contribution in [2.45, 2.75) is 44.6 Å². The molecule has 1 aromatic rings. The van der Waals surface area contributed by atoms with Gasteiger partial charge < -0.3 is 19.8 Å². The van der Waals surface area contributed by atoms with Crippen LogP contribution in [0.1, 0.15) is 38.5 Å². The predicted molar refractivity (Wildman–Crippen MR) is 72.6 cm³/mol. The van der Waals surface area contributed by atoms with Crippen LogP contribution in [0.2, 0.25) is 0 Å². The van der Waals surface area contributed by atoms with Crippen LogP contribution in [0.3, 0.4) is 0 Å². The molecular weight excluding hydrogens is 276 g/mol. The summed E-state index contributed by atoms with van der Waals surface area (Å²) in [6.07, 6.45) is 4.13. The molecule has 1 atom stereocenters. The van der Waals surface area contributed by atoms with Crippen molar-refractivity contribution in [3.63, 3.8) is 0 Å². The summed E-state index contributed by atoms with van der Waals surface area (Å²) in [5.74, 6) is -0.483. The van der Waals surface area contributed by atoms with E-state index in [9.17, 15) is 14.7 Å². The fourth-order valence-electron chi connectivity index (χ4n) is 2.86. The number of likely N-dealkylation sites (tertiary alicyclic amines) is 1. The molecule has 0 aliphatic carbocycles. The summed E-state index contributed by atoms with van der Waals surface area (Å²) in [5.41, 5.74) is -1.07. The minimum atomic E-state index is -1.07. The van der Waals surface area contributed by atoms with Crippen molar-refractivity contribution in [2.75, 3.05) is 13.1 Å². The highest BCUT2D eigenvalue weighted by atomic mass is 16.5. The summed E-state index contributed by atoms with van der Waals surface area (Å²) in [6, 6.07) is -0.345. The monoisotopic (exact) mass is 296 g/mol. The summed E-state index contributed by atoms with van der Waals surface area (Å²) < 4.78 is 4.84. The lowest BCUT2D eigenvalue weighted by Gasteiger charge is -2.34. The highest BCUT2D eigenvalue weighted by Crippen LogP contribution is 2.33. The summed E-state index contributed by atoms with van der Waals surface area (Å²) in [7, 11) is 0. The summed E-state index contributed by atoms with van der Waals surface area (Å²) in [6.45, 7) is 2.73. The van der Waals surface area contributed by atoms with Gasteiger partial charge in [-0.3, -0.25) is 0 Å². The number of aliphatic carboxylic acids is 1. The Balaban J connectivity index is 1.95. The standard InChI is InChI=1S/C13H20N4O4/c1-2-5-13(11(18)19)6-3-8-17(13)12(20)14-7-4-10-15-9-16-21-10/h9H,2-8H2,1H3,(H,14,20)(H,18,19). The first kappa shape index (κ1) is 15.3. The fourth-order valence-corrected chi connectivity index (χ4v) is 2.86. The van der Waals surface area contributed by atoms with Gasteiger partial charge in [0.05, 0.1) is 0 Å². The molecule has 21 heavy (non-hydrogen) atoms. The maximum Gasteiger partial charge on any atom is 0.329 e. The maximum atomic E-state index is 12.3. The quantitative estimate of drug-likeness (QED) is 0.812. The van der Waals surface area contributed by atoms with E-state index in [-0.39, 0.29) is 6.03 Å². The topological polar surface area (TPSA) is 109 Å². The molecule has 1 unspecified atom stereocenters. The van der Waals surface area contributed by atoms with Gasteiger partial charge in [-0.15, -0.1) is 0 Å². The lowest BCUT2D eigenvalue weighted by molar-refractivity contribution is -0.148. The van der Waals surface area contributed by atoms with Crippen LogP contribution >= 0.6 is 0 Å². The molecule has 1 saturated heterocycles. The zero-order chi connectivity index (χ0) is 15.3. The number of nitrogens with one attached hydrogen (secondary N) is 1. The number of aromatic nitrogens is 2. The molecule has 0 aromatic carbocycles. The van der Waals surface area contributed by atoms with Crippen molar-refractivity contribution in [2.24, 2.45) is 0 Å². The molecule has 8 nitrogen and oxygen atoms in total. The van der Waals surface area contributed by atoms with Gasteiger partial charge in [0, 0.05) is 19.5 Å². The molecule has 2 heterocycles. The highest BCUT2D eigenvalue weighted by molar-refractivity contribution is 5.87. The predicted octanol–water partition coefficient (Wildman–Crippen LogP) is 1.04. The number of nitrogens with zero attached hydrogens (tertiary/aromatic N) is 3. The van der Waals surface area contributed by atoms with Crippen LogP contribution in [0.5, 0.6) is 0 Å². The van der Waals surface area contributed by atoms with Gasteiger partial charge in [0.2, 0.25) is 5.89 Å². The van der Waals surface area contributed by atoms with Crippen LogP contribution in [-0.4, -0.2) is 50.8 Å². The average molecular weight is 296 g/mol. The van der Waals surface area contributed by atoms with Crippen molar-refractivity contribution in [3.8, 4) is 0 Å². The summed E-state index contributed by atoms with van der Waals surface area (Å²) >= 11 is 0. The largest absolute Gasteiger partial charge is 0.479 e. The number of carbonyl (C=O) groups excluding carboxylic acids is 1. The smallest absolute Gasteiger partial charge is 0.329 e. The third kappa shape index (κ3) is 3.14. The molecular formula is C13H20N4O4. The van der Waals surface area contributed by atoms with Crippen LogP contribution in [-0.2, 0) is 11.2 Å². The highest BCUT2D eigenvalue weighted by Gasteiger charge is 2.49. The normalized spacial score (nSPS) is 21.5. The van der Waals surface area contributed by atoms with Crippen molar-refractivity contribution in [1.29, 1.82) is 0 Å². The van der Waals surface area contributed by atoms with Crippen LogP contribution in [0.4, 0.5) is 4.79 Å². The second kappa shape index (κ2) is 6.55. The van der Waals surface area contributed by atoms with E-state index in [0.717, 1.165) is 6.42 Å². The van der Waals surface area contributed by atoms with E-state index in [1.165, 1.54) is 11.2 Å². The van der Waals surface area contributed by atoms with Gasteiger partial charge >= 0.3 is 12.0 Å².